The predicted molar refractivity (Wildman–Crippen MR) is 73.2 cm³/mol. The van der Waals surface area contributed by atoms with Gasteiger partial charge in [-0.2, -0.15) is 0 Å². The van der Waals surface area contributed by atoms with E-state index in [9.17, 15) is 4.79 Å². The Morgan fingerprint density at radius 3 is 2.39 bits per heavy atom. The Labute approximate surface area is 106 Å². The maximum absolute atomic E-state index is 11.4. The van der Waals surface area contributed by atoms with Crippen molar-refractivity contribution in [3.63, 3.8) is 0 Å². The molecule has 0 saturated heterocycles. The molecule has 1 aromatic rings. The first-order valence-electron chi connectivity index (χ1n) is 5.69. The summed E-state index contributed by atoms with van der Waals surface area (Å²) < 4.78 is 0. The summed E-state index contributed by atoms with van der Waals surface area (Å²) >= 11 is 0. The summed E-state index contributed by atoms with van der Waals surface area (Å²) in [5.74, 6) is 0.0634. The second-order valence-corrected chi connectivity index (χ2v) is 4.19. The van der Waals surface area contributed by atoms with Crippen molar-refractivity contribution in [1.82, 2.24) is 5.32 Å². The molecule has 0 aliphatic rings. The van der Waals surface area contributed by atoms with Gasteiger partial charge in [0.05, 0.1) is 6.54 Å². The van der Waals surface area contributed by atoms with Crippen LogP contribution < -0.4 is 22.1 Å². The molecule has 98 valence electrons. The highest BCUT2D eigenvalue weighted by molar-refractivity contribution is 5.89. The molecular weight excluding hydrogens is 230 g/mol. The molecule has 0 unspecified atom stereocenters. The number of benzene rings is 1. The molecule has 0 bridgehead atoms. The fourth-order valence-corrected chi connectivity index (χ4v) is 1.31. The SMILES string of the molecule is CC(C)NC(=O)Nc1ccc(CN=C(N)N)cc1. The summed E-state index contributed by atoms with van der Waals surface area (Å²) in [6, 6.07) is 7.21. The summed E-state index contributed by atoms with van der Waals surface area (Å²) in [4.78, 5) is 15.3. The van der Waals surface area contributed by atoms with Crippen molar-refractivity contribution in [3.05, 3.63) is 29.8 Å². The topological polar surface area (TPSA) is 106 Å². The number of nitrogens with two attached hydrogens (primary N) is 2. The Morgan fingerprint density at radius 2 is 1.89 bits per heavy atom. The first-order valence-corrected chi connectivity index (χ1v) is 5.69. The van der Waals surface area contributed by atoms with Gasteiger partial charge < -0.3 is 22.1 Å². The highest BCUT2D eigenvalue weighted by atomic mass is 16.2. The molecule has 0 fully saturated rings. The van der Waals surface area contributed by atoms with Crippen LogP contribution in [0.2, 0.25) is 0 Å². The molecule has 18 heavy (non-hydrogen) atoms. The van der Waals surface area contributed by atoms with Gasteiger partial charge in [0.1, 0.15) is 0 Å². The van der Waals surface area contributed by atoms with Gasteiger partial charge in [0.2, 0.25) is 0 Å². The van der Waals surface area contributed by atoms with Gasteiger partial charge in [0.25, 0.3) is 0 Å². The van der Waals surface area contributed by atoms with E-state index in [1.54, 1.807) is 12.1 Å². The summed E-state index contributed by atoms with van der Waals surface area (Å²) in [7, 11) is 0. The van der Waals surface area contributed by atoms with E-state index < -0.39 is 0 Å². The van der Waals surface area contributed by atoms with Crippen molar-refractivity contribution >= 4 is 17.7 Å². The number of carbonyl (C=O) groups is 1. The Morgan fingerprint density at radius 1 is 1.28 bits per heavy atom. The normalized spacial score (nSPS) is 9.94. The van der Waals surface area contributed by atoms with E-state index in [4.69, 9.17) is 11.5 Å². The van der Waals surface area contributed by atoms with Crippen molar-refractivity contribution in [2.75, 3.05) is 5.32 Å². The monoisotopic (exact) mass is 249 g/mol. The standard InChI is InChI=1S/C12H19N5O/c1-8(2)16-12(18)17-10-5-3-9(4-6-10)7-15-11(13)14/h3-6,8H,7H2,1-2H3,(H4,13,14,15)(H2,16,17,18). The molecule has 0 saturated carbocycles. The largest absolute Gasteiger partial charge is 0.370 e. The van der Waals surface area contributed by atoms with Gasteiger partial charge in [0.15, 0.2) is 5.96 Å². The van der Waals surface area contributed by atoms with Gasteiger partial charge in [-0.15, -0.1) is 0 Å². The van der Waals surface area contributed by atoms with Crippen LogP contribution >= 0.6 is 0 Å². The third kappa shape index (κ3) is 5.20. The maximum atomic E-state index is 11.4. The zero-order valence-corrected chi connectivity index (χ0v) is 10.6. The van der Waals surface area contributed by atoms with E-state index in [-0.39, 0.29) is 18.0 Å². The second-order valence-electron chi connectivity index (χ2n) is 4.19. The Balaban J connectivity index is 2.55. The Kier molecular flexibility index (Phi) is 4.98. The lowest BCUT2D eigenvalue weighted by Gasteiger charge is -2.10. The summed E-state index contributed by atoms with van der Waals surface area (Å²) in [6.45, 7) is 4.23. The van der Waals surface area contributed by atoms with Crippen LogP contribution in [-0.2, 0) is 6.54 Å². The van der Waals surface area contributed by atoms with Crippen LogP contribution in [0.1, 0.15) is 19.4 Å². The average Bonchev–Trinajstić information content (AvgIpc) is 2.26. The number of hydrogen-bond donors (Lipinski definition) is 4. The Bertz CT molecular complexity index is 421. The summed E-state index contributed by atoms with van der Waals surface area (Å²) in [5, 5.41) is 5.47. The van der Waals surface area contributed by atoms with E-state index >= 15 is 0 Å². The fraction of sp³-hybridized carbons (Fsp3) is 0.333. The molecule has 1 rings (SSSR count). The number of carbonyl (C=O) groups excluding carboxylic acids is 1. The number of rotatable bonds is 4. The highest BCUT2D eigenvalue weighted by Crippen LogP contribution is 2.10. The molecule has 0 aliphatic heterocycles. The minimum atomic E-state index is -0.220. The smallest absolute Gasteiger partial charge is 0.319 e. The molecule has 1 aromatic carbocycles. The molecule has 6 N–H and O–H groups in total. The first kappa shape index (κ1) is 13.8. The van der Waals surface area contributed by atoms with Crippen LogP contribution in [0.4, 0.5) is 10.5 Å². The van der Waals surface area contributed by atoms with Crippen molar-refractivity contribution in [3.8, 4) is 0 Å². The zero-order valence-electron chi connectivity index (χ0n) is 10.6. The molecular formula is C12H19N5O. The minimum Gasteiger partial charge on any atom is -0.370 e. The molecule has 0 spiro atoms. The molecule has 6 heteroatoms. The van der Waals surface area contributed by atoms with Gasteiger partial charge in [-0.25, -0.2) is 9.79 Å². The van der Waals surface area contributed by atoms with Gasteiger partial charge in [0, 0.05) is 11.7 Å². The molecule has 2 amide bonds. The molecule has 0 radical (unpaired) electrons. The third-order valence-electron chi connectivity index (χ3n) is 2.08. The van der Waals surface area contributed by atoms with Gasteiger partial charge in [-0.3, -0.25) is 0 Å². The lowest BCUT2D eigenvalue weighted by Crippen LogP contribution is -2.34. The Hall–Kier alpha value is -2.24. The zero-order chi connectivity index (χ0) is 13.5. The number of aliphatic imine (C=N–C) groups is 1. The van der Waals surface area contributed by atoms with Crippen LogP contribution in [0.5, 0.6) is 0 Å². The number of anilines is 1. The molecule has 0 aliphatic carbocycles. The average molecular weight is 249 g/mol. The maximum Gasteiger partial charge on any atom is 0.319 e. The lowest BCUT2D eigenvalue weighted by atomic mass is 10.2. The van der Waals surface area contributed by atoms with Gasteiger partial charge in [-0.05, 0) is 31.5 Å². The summed E-state index contributed by atoms with van der Waals surface area (Å²) in [6.07, 6.45) is 0. The molecule has 6 nitrogen and oxygen atoms in total. The second kappa shape index (κ2) is 6.48. The third-order valence-corrected chi connectivity index (χ3v) is 2.08. The molecule has 0 atom stereocenters. The fourth-order valence-electron chi connectivity index (χ4n) is 1.31. The highest BCUT2D eigenvalue weighted by Gasteiger charge is 2.02. The van der Waals surface area contributed by atoms with E-state index in [0.29, 0.717) is 6.54 Å². The van der Waals surface area contributed by atoms with Crippen LogP contribution in [0.25, 0.3) is 0 Å². The quantitative estimate of drug-likeness (QED) is 0.472. The number of hydrogen-bond acceptors (Lipinski definition) is 2. The van der Waals surface area contributed by atoms with Crippen molar-refractivity contribution in [2.45, 2.75) is 26.4 Å². The number of amides is 2. The van der Waals surface area contributed by atoms with Crippen LogP contribution in [0, 0.1) is 0 Å². The number of nitrogens with one attached hydrogen (secondary N) is 2. The molecule has 0 aromatic heterocycles. The van der Waals surface area contributed by atoms with Crippen molar-refractivity contribution in [1.29, 1.82) is 0 Å². The first-order chi connectivity index (χ1) is 8.47. The summed E-state index contributed by atoms with van der Waals surface area (Å²) in [5.41, 5.74) is 12.2. The van der Waals surface area contributed by atoms with E-state index in [1.165, 1.54) is 0 Å². The van der Waals surface area contributed by atoms with Crippen LogP contribution in [0.3, 0.4) is 0 Å². The van der Waals surface area contributed by atoms with Crippen LogP contribution in [0.15, 0.2) is 29.3 Å². The predicted octanol–water partition coefficient (Wildman–Crippen LogP) is 0.990. The van der Waals surface area contributed by atoms with Crippen LogP contribution in [-0.4, -0.2) is 18.0 Å². The van der Waals surface area contributed by atoms with E-state index in [1.807, 2.05) is 26.0 Å². The minimum absolute atomic E-state index is 0.0634. The van der Waals surface area contributed by atoms with Crippen molar-refractivity contribution < 1.29 is 4.79 Å². The van der Waals surface area contributed by atoms with Gasteiger partial charge >= 0.3 is 6.03 Å². The van der Waals surface area contributed by atoms with E-state index in [0.717, 1.165) is 11.3 Å². The molecule has 0 heterocycles. The number of guanidine groups is 1. The lowest BCUT2D eigenvalue weighted by molar-refractivity contribution is 0.250. The van der Waals surface area contributed by atoms with Gasteiger partial charge in [-0.1, -0.05) is 12.1 Å². The van der Waals surface area contributed by atoms with Crippen molar-refractivity contribution in [2.24, 2.45) is 16.5 Å². The number of urea groups is 1. The number of nitrogens with zero attached hydrogens (tertiary/aromatic N) is 1. The van der Waals surface area contributed by atoms with E-state index in [2.05, 4.69) is 15.6 Å².